The van der Waals surface area contributed by atoms with Gasteiger partial charge in [0.05, 0.1) is 12.2 Å². The van der Waals surface area contributed by atoms with Crippen LogP contribution in [0.25, 0.3) is 0 Å². The van der Waals surface area contributed by atoms with Gasteiger partial charge in [-0.1, -0.05) is 55.3 Å². The lowest BCUT2D eigenvalue weighted by Gasteiger charge is -2.24. The number of carbonyl (C=O) groups excluding carboxylic acids is 2. The summed E-state index contributed by atoms with van der Waals surface area (Å²) >= 11 is 6.12. The molecule has 3 rings (SSSR count). The number of rotatable bonds is 10. The molecule has 0 saturated heterocycles. The highest BCUT2D eigenvalue weighted by Crippen LogP contribution is 2.24. The van der Waals surface area contributed by atoms with E-state index in [2.05, 4.69) is 10.3 Å². The Morgan fingerprint density at radius 3 is 2.49 bits per heavy atom. The zero-order valence-corrected chi connectivity index (χ0v) is 20.4. The van der Waals surface area contributed by atoms with E-state index in [0.717, 1.165) is 6.42 Å². The van der Waals surface area contributed by atoms with Crippen LogP contribution in [0.5, 0.6) is 0 Å². The highest BCUT2D eigenvalue weighted by atomic mass is 35.5. The van der Waals surface area contributed by atoms with E-state index < -0.39 is 17.2 Å². The van der Waals surface area contributed by atoms with Crippen LogP contribution in [0.1, 0.15) is 42.6 Å². The first-order valence-electron chi connectivity index (χ1n) is 11.3. The summed E-state index contributed by atoms with van der Waals surface area (Å²) < 4.78 is 1.30. The van der Waals surface area contributed by atoms with Gasteiger partial charge in [0.2, 0.25) is 5.91 Å². The van der Waals surface area contributed by atoms with Crippen LogP contribution in [-0.4, -0.2) is 34.3 Å². The lowest BCUT2D eigenvalue weighted by Crippen LogP contribution is -2.41. The summed E-state index contributed by atoms with van der Waals surface area (Å²) in [6.45, 7) is 4.15. The molecule has 0 fully saturated rings. The summed E-state index contributed by atoms with van der Waals surface area (Å²) in [7, 11) is 0. The summed E-state index contributed by atoms with van der Waals surface area (Å²) in [6, 6.07) is 13.3. The van der Waals surface area contributed by atoms with Gasteiger partial charge in [-0.25, -0.2) is 4.79 Å². The number of nitrogens with one attached hydrogen (secondary N) is 2. The number of aromatic nitrogens is 2. The molecule has 10 heteroatoms. The standard InChI is InChI=1S/C25H28ClN5O4/c1-3-5-13-31-23(27)21(24(34)29-25(31)35)30(4-2)15-20(32)28-19-12-11-17(26)14-18(19)22(33)16-9-7-6-8-10-16/h6-12,14H,3-5,13,15,27H2,1-2H3,(H,28,32)(H,29,34,35). The largest absolute Gasteiger partial charge is 0.383 e. The third-order valence-corrected chi connectivity index (χ3v) is 5.75. The van der Waals surface area contributed by atoms with Crippen LogP contribution < -0.4 is 27.2 Å². The SMILES string of the molecule is CCCCn1c(N)c(N(CC)CC(=O)Nc2ccc(Cl)cc2C(=O)c2ccccc2)c(=O)[nH]c1=O. The zero-order valence-electron chi connectivity index (χ0n) is 19.6. The molecule has 184 valence electrons. The number of carbonyl (C=O) groups is 2. The van der Waals surface area contributed by atoms with Crippen LogP contribution in [-0.2, 0) is 11.3 Å². The summed E-state index contributed by atoms with van der Waals surface area (Å²) in [5.74, 6) is -0.755. The minimum atomic E-state index is -0.665. The van der Waals surface area contributed by atoms with Crippen LogP contribution >= 0.6 is 11.6 Å². The Kier molecular flexibility index (Phi) is 8.48. The molecule has 2 aromatic carbocycles. The molecule has 4 N–H and O–H groups in total. The second-order valence-corrected chi connectivity index (χ2v) is 8.38. The molecule has 1 amide bonds. The fourth-order valence-corrected chi connectivity index (χ4v) is 3.86. The van der Waals surface area contributed by atoms with Gasteiger partial charge in [-0.05, 0) is 31.5 Å². The number of nitrogen functional groups attached to an aromatic ring is 1. The van der Waals surface area contributed by atoms with Gasteiger partial charge in [0.1, 0.15) is 11.5 Å². The maximum Gasteiger partial charge on any atom is 0.330 e. The number of nitrogens with zero attached hydrogens (tertiary/aromatic N) is 2. The van der Waals surface area contributed by atoms with E-state index in [4.69, 9.17) is 17.3 Å². The fraction of sp³-hybridized carbons (Fsp3) is 0.280. The van der Waals surface area contributed by atoms with Gasteiger partial charge in [-0.2, -0.15) is 0 Å². The van der Waals surface area contributed by atoms with Crippen molar-refractivity contribution >= 4 is 40.5 Å². The maximum atomic E-state index is 13.0. The molecule has 1 heterocycles. The highest BCUT2D eigenvalue weighted by molar-refractivity contribution is 6.31. The lowest BCUT2D eigenvalue weighted by molar-refractivity contribution is -0.115. The monoisotopic (exact) mass is 497 g/mol. The number of hydrogen-bond acceptors (Lipinski definition) is 6. The van der Waals surface area contributed by atoms with E-state index in [0.29, 0.717) is 29.2 Å². The van der Waals surface area contributed by atoms with Gasteiger partial charge in [-0.15, -0.1) is 0 Å². The van der Waals surface area contributed by atoms with Crippen LogP contribution in [0.15, 0.2) is 58.1 Å². The number of amides is 1. The average molecular weight is 498 g/mol. The number of aromatic amines is 1. The topological polar surface area (TPSA) is 130 Å². The molecule has 0 aliphatic carbocycles. The summed E-state index contributed by atoms with van der Waals surface area (Å²) in [5.41, 5.74) is 5.97. The Morgan fingerprint density at radius 1 is 1.11 bits per heavy atom. The van der Waals surface area contributed by atoms with Crippen molar-refractivity contribution in [1.82, 2.24) is 9.55 Å². The molecule has 35 heavy (non-hydrogen) atoms. The predicted octanol–water partition coefficient (Wildman–Crippen LogP) is 3.27. The highest BCUT2D eigenvalue weighted by Gasteiger charge is 2.21. The quantitative estimate of drug-likeness (QED) is 0.368. The van der Waals surface area contributed by atoms with E-state index in [1.165, 1.54) is 15.5 Å². The third-order valence-electron chi connectivity index (χ3n) is 5.52. The number of likely N-dealkylation sites (N-methyl/N-ethyl adjacent to an activating group) is 1. The van der Waals surface area contributed by atoms with Crippen molar-refractivity contribution in [3.8, 4) is 0 Å². The number of ketones is 1. The van der Waals surface area contributed by atoms with Crippen molar-refractivity contribution in [2.45, 2.75) is 33.2 Å². The molecule has 0 radical (unpaired) electrons. The van der Waals surface area contributed by atoms with Gasteiger partial charge in [0, 0.05) is 29.2 Å². The summed E-state index contributed by atoms with van der Waals surface area (Å²) in [6.07, 6.45) is 1.54. The second-order valence-electron chi connectivity index (χ2n) is 7.95. The van der Waals surface area contributed by atoms with Gasteiger partial charge in [-0.3, -0.25) is 23.9 Å². The van der Waals surface area contributed by atoms with Crippen molar-refractivity contribution < 1.29 is 9.59 Å². The van der Waals surface area contributed by atoms with Crippen molar-refractivity contribution in [2.24, 2.45) is 0 Å². The minimum Gasteiger partial charge on any atom is -0.383 e. The molecule has 0 atom stereocenters. The third kappa shape index (κ3) is 5.99. The van der Waals surface area contributed by atoms with E-state index in [1.807, 2.05) is 6.92 Å². The Hall–Kier alpha value is -3.85. The van der Waals surface area contributed by atoms with Crippen LogP contribution in [0, 0.1) is 0 Å². The van der Waals surface area contributed by atoms with Crippen LogP contribution in [0.3, 0.4) is 0 Å². The molecule has 3 aromatic rings. The Bertz CT molecular complexity index is 1330. The van der Waals surface area contributed by atoms with E-state index in [1.54, 1.807) is 49.4 Å². The van der Waals surface area contributed by atoms with Gasteiger partial charge in [0.25, 0.3) is 5.56 Å². The average Bonchev–Trinajstić information content (AvgIpc) is 2.84. The second kappa shape index (κ2) is 11.5. The molecular weight excluding hydrogens is 470 g/mol. The molecule has 0 saturated carbocycles. The smallest absolute Gasteiger partial charge is 0.330 e. The normalized spacial score (nSPS) is 10.7. The van der Waals surface area contributed by atoms with Crippen molar-refractivity contribution in [3.63, 3.8) is 0 Å². The number of halogens is 1. The molecule has 0 spiro atoms. The van der Waals surface area contributed by atoms with Crippen molar-refractivity contribution in [1.29, 1.82) is 0 Å². The van der Waals surface area contributed by atoms with Crippen molar-refractivity contribution in [3.05, 3.63) is 85.5 Å². The fourth-order valence-electron chi connectivity index (χ4n) is 3.69. The number of unbranched alkanes of at least 4 members (excludes halogenated alkanes) is 1. The Labute approximate surface area is 207 Å². The number of benzene rings is 2. The first kappa shape index (κ1) is 25.8. The summed E-state index contributed by atoms with van der Waals surface area (Å²) in [4.78, 5) is 54.6. The first-order chi connectivity index (χ1) is 16.8. The zero-order chi connectivity index (χ0) is 25.5. The molecular formula is C25H28ClN5O4. The predicted molar refractivity (Wildman–Crippen MR) is 138 cm³/mol. The minimum absolute atomic E-state index is 0.00767. The van der Waals surface area contributed by atoms with E-state index in [-0.39, 0.29) is 35.9 Å². The van der Waals surface area contributed by atoms with Crippen LogP contribution in [0.2, 0.25) is 5.02 Å². The first-order valence-corrected chi connectivity index (χ1v) is 11.7. The maximum absolute atomic E-state index is 13.0. The van der Waals surface area contributed by atoms with Crippen molar-refractivity contribution in [2.75, 3.05) is 29.0 Å². The van der Waals surface area contributed by atoms with Crippen LogP contribution in [0.4, 0.5) is 17.2 Å². The number of nitrogens with two attached hydrogens (primary N) is 1. The van der Waals surface area contributed by atoms with E-state index in [9.17, 15) is 19.2 Å². The molecule has 1 aromatic heterocycles. The van der Waals surface area contributed by atoms with E-state index >= 15 is 0 Å². The number of hydrogen-bond donors (Lipinski definition) is 3. The number of anilines is 3. The molecule has 0 unspecified atom stereocenters. The Morgan fingerprint density at radius 2 is 1.83 bits per heavy atom. The molecule has 0 bridgehead atoms. The number of H-pyrrole nitrogens is 1. The molecule has 0 aliphatic rings. The Balaban J connectivity index is 1.88. The molecule has 0 aliphatic heterocycles. The van der Waals surface area contributed by atoms with Gasteiger partial charge < -0.3 is 16.0 Å². The summed E-state index contributed by atoms with van der Waals surface area (Å²) in [5, 5.41) is 3.09. The van der Waals surface area contributed by atoms with Gasteiger partial charge >= 0.3 is 5.69 Å². The van der Waals surface area contributed by atoms with Gasteiger partial charge in [0.15, 0.2) is 5.78 Å². The molecule has 9 nitrogen and oxygen atoms in total. The lowest BCUT2D eigenvalue weighted by atomic mass is 10.0.